The zero-order chi connectivity index (χ0) is 14.4. The summed E-state index contributed by atoms with van der Waals surface area (Å²) in [6, 6.07) is 6.29. The topological polar surface area (TPSA) is 47.6 Å². The molecule has 0 radical (unpaired) electrons. The molecule has 0 saturated carbocycles. The van der Waals surface area contributed by atoms with Crippen LogP contribution in [0.4, 0.5) is 4.39 Å². The number of halogens is 1. The summed E-state index contributed by atoms with van der Waals surface area (Å²) in [6.07, 6.45) is 2.08. The van der Waals surface area contributed by atoms with E-state index in [1.165, 1.54) is 12.1 Å². The van der Waals surface area contributed by atoms with E-state index in [1.54, 1.807) is 19.1 Å². The third kappa shape index (κ3) is 4.49. The molecule has 20 heavy (non-hydrogen) atoms. The van der Waals surface area contributed by atoms with Gasteiger partial charge in [-0.2, -0.15) is 0 Å². The van der Waals surface area contributed by atoms with Gasteiger partial charge in [-0.15, -0.1) is 0 Å². The van der Waals surface area contributed by atoms with E-state index >= 15 is 0 Å². The Morgan fingerprint density at radius 1 is 1.40 bits per heavy atom. The van der Waals surface area contributed by atoms with Crippen molar-refractivity contribution in [2.75, 3.05) is 13.2 Å². The predicted molar refractivity (Wildman–Crippen MR) is 73.1 cm³/mol. The second-order valence-corrected chi connectivity index (χ2v) is 4.88. The van der Waals surface area contributed by atoms with Crippen LogP contribution in [0, 0.1) is 5.82 Å². The molecule has 1 saturated heterocycles. The summed E-state index contributed by atoms with van der Waals surface area (Å²) in [6.45, 7) is 2.97. The first-order valence-electron chi connectivity index (χ1n) is 6.98. The van der Waals surface area contributed by atoms with E-state index in [2.05, 4.69) is 5.32 Å². The maximum atomic E-state index is 12.8. The minimum absolute atomic E-state index is 0.0626. The normalized spacial score (nSPS) is 21.7. The van der Waals surface area contributed by atoms with Gasteiger partial charge in [0.05, 0.1) is 6.61 Å². The Kier molecular flexibility index (Phi) is 5.35. The van der Waals surface area contributed by atoms with Gasteiger partial charge in [0.25, 0.3) is 0 Å². The molecule has 0 aliphatic carbocycles. The number of benzene rings is 1. The van der Waals surface area contributed by atoms with Gasteiger partial charge < -0.3 is 14.8 Å². The quantitative estimate of drug-likeness (QED) is 0.813. The van der Waals surface area contributed by atoms with Gasteiger partial charge in [-0.3, -0.25) is 4.79 Å². The molecule has 0 bridgehead atoms. The molecule has 110 valence electrons. The third-order valence-electron chi connectivity index (χ3n) is 3.30. The van der Waals surface area contributed by atoms with E-state index in [0.29, 0.717) is 18.8 Å². The second kappa shape index (κ2) is 7.24. The lowest BCUT2D eigenvalue weighted by Crippen LogP contribution is -2.23. The van der Waals surface area contributed by atoms with Gasteiger partial charge in [-0.25, -0.2) is 4.39 Å². The van der Waals surface area contributed by atoms with Crippen LogP contribution in [0.15, 0.2) is 24.3 Å². The summed E-state index contributed by atoms with van der Waals surface area (Å²) in [7, 11) is 0. The highest BCUT2D eigenvalue weighted by molar-refractivity contribution is 5.69. The van der Waals surface area contributed by atoms with Crippen LogP contribution < -0.4 is 10.1 Å². The van der Waals surface area contributed by atoms with Gasteiger partial charge in [-0.05, 0) is 37.6 Å². The molecule has 1 aromatic rings. The highest BCUT2D eigenvalue weighted by Gasteiger charge is 2.25. The summed E-state index contributed by atoms with van der Waals surface area (Å²) < 4.78 is 23.5. The third-order valence-corrected chi connectivity index (χ3v) is 3.30. The lowest BCUT2D eigenvalue weighted by Gasteiger charge is -2.13. The van der Waals surface area contributed by atoms with Gasteiger partial charge in [0.15, 0.2) is 0 Å². The van der Waals surface area contributed by atoms with Crippen molar-refractivity contribution in [3.05, 3.63) is 30.1 Å². The van der Waals surface area contributed by atoms with Crippen LogP contribution in [-0.2, 0) is 9.53 Å². The Hall–Kier alpha value is -1.62. The van der Waals surface area contributed by atoms with Gasteiger partial charge in [0.2, 0.25) is 0 Å². The van der Waals surface area contributed by atoms with Crippen molar-refractivity contribution in [2.45, 2.75) is 38.3 Å². The molecule has 1 aliphatic heterocycles. The van der Waals surface area contributed by atoms with Crippen molar-refractivity contribution in [3.63, 3.8) is 0 Å². The molecule has 0 amide bonds. The summed E-state index contributed by atoms with van der Waals surface area (Å²) in [5, 5.41) is 3.33. The standard InChI is InChI=1S/C15H20FNO3/c1-2-19-15(18)8-5-12-9-14(10-17-12)20-13-6-3-11(16)4-7-13/h3-4,6-7,12,14,17H,2,5,8-10H2,1H3/t12-,14+/m1/s1. The highest BCUT2D eigenvalue weighted by atomic mass is 19.1. The fourth-order valence-corrected chi connectivity index (χ4v) is 2.32. The van der Waals surface area contributed by atoms with Crippen molar-refractivity contribution in [1.29, 1.82) is 0 Å². The zero-order valence-corrected chi connectivity index (χ0v) is 11.6. The Morgan fingerprint density at radius 3 is 2.85 bits per heavy atom. The molecule has 1 heterocycles. The van der Waals surface area contributed by atoms with Crippen molar-refractivity contribution < 1.29 is 18.7 Å². The molecule has 1 N–H and O–H groups in total. The molecular weight excluding hydrogens is 261 g/mol. The largest absolute Gasteiger partial charge is 0.489 e. The molecule has 5 heteroatoms. The van der Waals surface area contributed by atoms with E-state index in [0.717, 1.165) is 19.4 Å². The van der Waals surface area contributed by atoms with Crippen LogP contribution in [0.3, 0.4) is 0 Å². The Morgan fingerprint density at radius 2 is 2.15 bits per heavy atom. The van der Waals surface area contributed by atoms with Gasteiger partial charge >= 0.3 is 5.97 Å². The van der Waals surface area contributed by atoms with E-state index in [1.807, 2.05) is 0 Å². The van der Waals surface area contributed by atoms with E-state index < -0.39 is 0 Å². The molecule has 2 atom stereocenters. The molecule has 4 nitrogen and oxygen atoms in total. The van der Waals surface area contributed by atoms with Crippen molar-refractivity contribution >= 4 is 5.97 Å². The van der Waals surface area contributed by atoms with Crippen molar-refractivity contribution in [2.24, 2.45) is 0 Å². The first-order chi connectivity index (χ1) is 9.67. The number of esters is 1. The number of carbonyl (C=O) groups excluding carboxylic acids is 1. The van der Waals surface area contributed by atoms with Crippen LogP contribution in [0.1, 0.15) is 26.2 Å². The Balaban J connectivity index is 1.72. The minimum Gasteiger partial charge on any atom is -0.489 e. The number of ether oxygens (including phenoxy) is 2. The summed E-state index contributed by atoms with van der Waals surface area (Å²) in [5.74, 6) is 0.246. The zero-order valence-electron chi connectivity index (χ0n) is 11.6. The first kappa shape index (κ1) is 14.8. The number of nitrogens with one attached hydrogen (secondary N) is 1. The highest BCUT2D eigenvalue weighted by Crippen LogP contribution is 2.19. The van der Waals surface area contributed by atoms with Crippen molar-refractivity contribution in [1.82, 2.24) is 5.32 Å². The second-order valence-electron chi connectivity index (χ2n) is 4.88. The Bertz CT molecular complexity index is 435. The Labute approximate surface area is 118 Å². The SMILES string of the molecule is CCOC(=O)CC[C@@H]1C[C@H](Oc2ccc(F)cc2)CN1. The van der Waals surface area contributed by atoms with Crippen LogP contribution in [0.5, 0.6) is 5.75 Å². The smallest absolute Gasteiger partial charge is 0.305 e. The van der Waals surface area contributed by atoms with Crippen LogP contribution in [-0.4, -0.2) is 31.3 Å². The number of hydrogen-bond donors (Lipinski definition) is 1. The van der Waals surface area contributed by atoms with Crippen molar-refractivity contribution in [3.8, 4) is 5.75 Å². The minimum atomic E-state index is -0.269. The fraction of sp³-hybridized carbons (Fsp3) is 0.533. The molecular formula is C15H20FNO3. The molecule has 1 aromatic carbocycles. The van der Waals surface area contributed by atoms with Crippen LogP contribution in [0.25, 0.3) is 0 Å². The first-order valence-corrected chi connectivity index (χ1v) is 6.98. The molecule has 0 spiro atoms. The lowest BCUT2D eigenvalue weighted by molar-refractivity contribution is -0.143. The van der Waals surface area contributed by atoms with E-state index in [9.17, 15) is 9.18 Å². The average molecular weight is 281 g/mol. The molecule has 1 aliphatic rings. The van der Waals surface area contributed by atoms with Gasteiger partial charge in [0.1, 0.15) is 17.7 Å². The number of carbonyl (C=O) groups is 1. The van der Waals surface area contributed by atoms with Gasteiger partial charge in [0, 0.05) is 25.4 Å². The molecule has 0 unspecified atom stereocenters. The summed E-state index contributed by atoms with van der Waals surface area (Å²) >= 11 is 0. The van der Waals surface area contributed by atoms with E-state index in [4.69, 9.17) is 9.47 Å². The average Bonchev–Trinajstić information content (AvgIpc) is 2.87. The number of rotatable bonds is 6. The lowest BCUT2D eigenvalue weighted by atomic mass is 10.1. The predicted octanol–water partition coefficient (Wildman–Crippen LogP) is 2.28. The number of hydrogen-bond acceptors (Lipinski definition) is 4. The van der Waals surface area contributed by atoms with Gasteiger partial charge in [-0.1, -0.05) is 0 Å². The molecule has 1 fully saturated rings. The summed E-state index contributed by atoms with van der Waals surface area (Å²) in [5.41, 5.74) is 0. The maximum Gasteiger partial charge on any atom is 0.305 e. The van der Waals surface area contributed by atoms with E-state index in [-0.39, 0.29) is 23.9 Å². The molecule has 2 rings (SSSR count). The van der Waals surface area contributed by atoms with Crippen LogP contribution in [0.2, 0.25) is 0 Å². The summed E-state index contributed by atoms with van der Waals surface area (Å²) in [4.78, 5) is 11.3. The monoisotopic (exact) mass is 281 g/mol. The van der Waals surface area contributed by atoms with Crippen LogP contribution >= 0.6 is 0 Å². The molecule has 0 aromatic heterocycles. The fourth-order valence-electron chi connectivity index (χ4n) is 2.32. The maximum absolute atomic E-state index is 12.8.